The van der Waals surface area contributed by atoms with Gasteiger partial charge in [0.1, 0.15) is 12.4 Å². The largest absolute Gasteiger partial charge is 0.494 e. The molecule has 3 rings (SSSR count). The van der Waals surface area contributed by atoms with Crippen LogP contribution in [0.1, 0.15) is 32.6 Å². The summed E-state index contributed by atoms with van der Waals surface area (Å²) in [7, 11) is 1.71. The van der Waals surface area contributed by atoms with Crippen LogP contribution in [-0.4, -0.2) is 43.4 Å². The van der Waals surface area contributed by atoms with Gasteiger partial charge in [-0.25, -0.2) is 0 Å². The molecule has 1 saturated heterocycles. The zero-order valence-corrected chi connectivity index (χ0v) is 18.2. The van der Waals surface area contributed by atoms with E-state index >= 15 is 0 Å². The van der Waals surface area contributed by atoms with Gasteiger partial charge in [-0.3, -0.25) is 4.90 Å². The third-order valence-electron chi connectivity index (χ3n) is 5.18. The smallest absolute Gasteiger partial charge is 0.492 e. The van der Waals surface area contributed by atoms with Crippen LogP contribution in [0, 0.1) is 0 Å². The van der Waals surface area contributed by atoms with E-state index in [2.05, 4.69) is 45.7 Å². The van der Waals surface area contributed by atoms with Crippen molar-refractivity contribution >= 4 is 35.5 Å². The highest BCUT2D eigenvalue weighted by atomic mass is 35.5. The summed E-state index contributed by atoms with van der Waals surface area (Å²) in [6.45, 7) is 10.6. The maximum Gasteiger partial charge on any atom is 0.494 e. The lowest BCUT2D eigenvalue weighted by molar-refractivity contribution is 0.00578. The van der Waals surface area contributed by atoms with Gasteiger partial charge in [0.05, 0.1) is 15.5 Å². The van der Waals surface area contributed by atoms with E-state index in [1.54, 1.807) is 11.3 Å². The summed E-state index contributed by atoms with van der Waals surface area (Å²) < 4.78 is 19.0. The summed E-state index contributed by atoms with van der Waals surface area (Å²) in [5.74, 6) is 0.829. The molecule has 0 spiro atoms. The van der Waals surface area contributed by atoms with Crippen molar-refractivity contribution in [3.05, 3.63) is 45.6 Å². The van der Waals surface area contributed by atoms with E-state index in [4.69, 9.17) is 25.6 Å². The van der Waals surface area contributed by atoms with Gasteiger partial charge in [0.2, 0.25) is 0 Å². The zero-order valence-electron chi connectivity index (χ0n) is 16.6. The Bertz CT molecular complexity index is 764. The van der Waals surface area contributed by atoms with Gasteiger partial charge in [0.25, 0.3) is 0 Å². The number of rotatable bonds is 7. The Morgan fingerprint density at radius 1 is 1.11 bits per heavy atom. The normalized spacial score (nSPS) is 18.3. The topological polar surface area (TPSA) is 30.9 Å². The van der Waals surface area contributed by atoms with Crippen molar-refractivity contribution in [2.45, 2.75) is 45.4 Å². The molecule has 1 aromatic heterocycles. The molecular weight excluding hydrogens is 381 g/mol. The SMILES string of the molecule is CN(CCOc1cccc(B2OC(C)(C)C(C)(C)O2)c1)Cc1ccc(Cl)s1. The number of hydrogen-bond donors (Lipinski definition) is 0. The van der Waals surface area contributed by atoms with Crippen LogP contribution < -0.4 is 10.2 Å². The molecule has 0 aliphatic carbocycles. The number of nitrogens with zero attached hydrogens (tertiary/aromatic N) is 1. The van der Waals surface area contributed by atoms with Gasteiger partial charge in [0.15, 0.2) is 0 Å². The Hall–Kier alpha value is -1.05. The molecular formula is C20H27BClNO3S. The fourth-order valence-electron chi connectivity index (χ4n) is 2.83. The maximum absolute atomic E-state index is 6.12. The Morgan fingerprint density at radius 2 is 1.81 bits per heavy atom. The molecule has 2 heterocycles. The standard InChI is InChI=1S/C20H27BClNO3S/c1-19(2)20(3,4)26-21(25-19)15-7-6-8-16(13-15)24-12-11-23(5)14-17-9-10-18(22)27-17/h6-10,13H,11-12,14H2,1-5H3. The second-order valence-electron chi connectivity index (χ2n) is 7.95. The average molecular weight is 408 g/mol. The first kappa shape index (κ1) is 20.7. The van der Waals surface area contributed by atoms with Gasteiger partial charge in [-0.1, -0.05) is 23.7 Å². The van der Waals surface area contributed by atoms with Crippen LogP contribution in [0.15, 0.2) is 36.4 Å². The Kier molecular flexibility index (Phi) is 6.23. The lowest BCUT2D eigenvalue weighted by Gasteiger charge is -2.32. The molecule has 1 aromatic carbocycles. The molecule has 27 heavy (non-hydrogen) atoms. The van der Waals surface area contributed by atoms with Crippen molar-refractivity contribution in [1.82, 2.24) is 4.90 Å². The predicted molar refractivity (Wildman–Crippen MR) is 113 cm³/mol. The second-order valence-corrected chi connectivity index (χ2v) is 9.75. The van der Waals surface area contributed by atoms with Gasteiger partial charge in [-0.05, 0) is 64.5 Å². The highest BCUT2D eigenvalue weighted by Gasteiger charge is 2.51. The monoisotopic (exact) mass is 407 g/mol. The quantitative estimate of drug-likeness (QED) is 0.643. The van der Waals surface area contributed by atoms with Crippen LogP contribution in [0.25, 0.3) is 0 Å². The molecule has 1 aliphatic heterocycles. The first-order valence-corrected chi connectivity index (χ1v) is 10.4. The molecule has 1 fully saturated rings. The van der Waals surface area contributed by atoms with Crippen molar-refractivity contribution in [2.24, 2.45) is 0 Å². The number of halogens is 1. The van der Waals surface area contributed by atoms with Crippen LogP contribution in [0.2, 0.25) is 4.34 Å². The third kappa shape index (κ3) is 5.06. The molecule has 4 nitrogen and oxygen atoms in total. The van der Waals surface area contributed by atoms with Crippen molar-refractivity contribution < 1.29 is 14.0 Å². The van der Waals surface area contributed by atoms with Gasteiger partial charge >= 0.3 is 7.12 Å². The van der Waals surface area contributed by atoms with E-state index in [-0.39, 0.29) is 18.3 Å². The lowest BCUT2D eigenvalue weighted by Crippen LogP contribution is -2.41. The van der Waals surface area contributed by atoms with E-state index in [9.17, 15) is 0 Å². The average Bonchev–Trinajstić information content (AvgIpc) is 3.07. The Labute approximate surface area is 171 Å². The number of ether oxygens (including phenoxy) is 1. The minimum atomic E-state index is -0.371. The minimum absolute atomic E-state index is 0.345. The maximum atomic E-state index is 6.12. The first-order chi connectivity index (χ1) is 12.7. The molecule has 146 valence electrons. The van der Waals surface area contributed by atoms with E-state index in [1.165, 1.54) is 4.88 Å². The van der Waals surface area contributed by atoms with Crippen LogP contribution >= 0.6 is 22.9 Å². The summed E-state index contributed by atoms with van der Waals surface area (Å²) in [6.07, 6.45) is 0. The van der Waals surface area contributed by atoms with Crippen molar-refractivity contribution in [2.75, 3.05) is 20.2 Å². The van der Waals surface area contributed by atoms with E-state index in [1.807, 2.05) is 30.3 Å². The lowest BCUT2D eigenvalue weighted by atomic mass is 9.79. The summed E-state index contributed by atoms with van der Waals surface area (Å²) in [5, 5.41) is 0. The number of benzene rings is 1. The zero-order chi connectivity index (χ0) is 19.7. The second kappa shape index (κ2) is 8.14. The molecule has 0 N–H and O–H groups in total. The molecule has 0 atom stereocenters. The fraction of sp³-hybridized carbons (Fsp3) is 0.500. The molecule has 0 unspecified atom stereocenters. The first-order valence-electron chi connectivity index (χ1n) is 9.17. The fourth-order valence-corrected chi connectivity index (χ4v) is 4.00. The molecule has 0 bridgehead atoms. The third-order valence-corrected chi connectivity index (χ3v) is 6.40. The highest BCUT2D eigenvalue weighted by molar-refractivity contribution is 7.16. The summed E-state index contributed by atoms with van der Waals surface area (Å²) in [5.41, 5.74) is 0.289. The van der Waals surface area contributed by atoms with E-state index < -0.39 is 0 Å². The van der Waals surface area contributed by atoms with Gasteiger partial charge in [0, 0.05) is 18.0 Å². The molecule has 2 aromatic rings. The highest BCUT2D eigenvalue weighted by Crippen LogP contribution is 2.36. The number of hydrogen-bond acceptors (Lipinski definition) is 5. The molecule has 1 aliphatic rings. The van der Waals surface area contributed by atoms with Crippen molar-refractivity contribution in [3.63, 3.8) is 0 Å². The van der Waals surface area contributed by atoms with Crippen LogP contribution in [0.4, 0.5) is 0 Å². The van der Waals surface area contributed by atoms with Crippen molar-refractivity contribution in [3.8, 4) is 5.75 Å². The molecule has 0 radical (unpaired) electrons. The predicted octanol–water partition coefficient (Wildman–Crippen LogP) is 4.21. The van der Waals surface area contributed by atoms with E-state index in [0.29, 0.717) is 6.61 Å². The summed E-state index contributed by atoms with van der Waals surface area (Å²) in [6, 6.07) is 12.0. The van der Waals surface area contributed by atoms with Crippen molar-refractivity contribution in [1.29, 1.82) is 0 Å². The molecule has 7 heteroatoms. The van der Waals surface area contributed by atoms with Gasteiger partial charge in [-0.2, -0.15) is 0 Å². The Balaban J connectivity index is 1.52. The number of thiophene rings is 1. The summed E-state index contributed by atoms with van der Waals surface area (Å²) >= 11 is 7.60. The summed E-state index contributed by atoms with van der Waals surface area (Å²) in [4.78, 5) is 3.48. The number of likely N-dealkylation sites (N-methyl/N-ethyl adjacent to an activating group) is 1. The molecule has 0 saturated carbocycles. The minimum Gasteiger partial charge on any atom is -0.492 e. The van der Waals surface area contributed by atoms with E-state index in [0.717, 1.165) is 28.6 Å². The van der Waals surface area contributed by atoms with Gasteiger partial charge < -0.3 is 14.0 Å². The van der Waals surface area contributed by atoms with Crippen LogP contribution in [-0.2, 0) is 15.9 Å². The van der Waals surface area contributed by atoms with Crippen LogP contribution in [0.3, 0.4) is 0 Å². The van der Waals surface area contributed by atoms with Crippen LogP contribution in [0.5, 0.6) is 5.75 Å². The van der Waals surface area contributed by atoms with Gasteiger partial charge in [-0.15, -0.1) is 11.3 Å². The molecule has 0 amide bonds. The Morgan fingerprint density at radius 3 is 2.44 bits per heavy atom.